The van der Waals surface area contributed by atoms with E-state index in [-0.39, 0.29) is 23.5 Å². The van der Waals surface area contributed by atoms with Gasteiger partial charge in [-0.25, -0.2) is 13.8 Å². The average molecular weight is 376 g/mol. The van der Waals surface area contributed by atoms with E-state index in [4.69, 9.17) is 0 Å². The van der Waals surface area contributed by atoms with Crippen molar-refractivity contribution < 1.29 is 18.4 Å². The highest BCUT2D eigenvalue weighted by Crippen LogP contribution is 2.24. The molecule has 3 rings (SSSR count). The van der Waals surface area contributed by atoms with Crippen LogP contribution in [0, 0.1) is 11.6 Å². The first-order valence-corrected chi connectivity index (χ1v) is 9.08. The number of anilines is 1. The van der Waals surface area contributed by atoms with E-state index >= 15 is 0 Å². The Morgan fingerprint density at radius 1 is 1.22 bits per heavy atom. The first-order valence-electron chi connectivity index (χ1n) is 9.08. The number of fused-ring (bicyclic) bond motifs is 1. The van der Waals surface area contributed by atoms with E-state index in [9.17, 15) is 18.4 Å². The number of rotatable bonds is 5. The van der Waals surface area contributed by atoms with Crippen LogP contribution in [-0.4, -0.2) is 27.4 Å². The van der Waals surface area contributed by atoms with Crippen molar-refractivity contribution >= 4 is 17.5 Å². The summed E-state index contributed by atoms with van der Waals surface area (Å²) < 4.78 is 29.4. The van der Waals surface area contributed by atoms with Gasteiger partial charge in [0.1, 0.15) is 17.3 Å². The number of imidazole rings is 1. The number of carbonyl (C=O) groups is 2. The van der Waals surface area contributed by atoms with Crippen LogP contribution in [0.25, 0.3) is 0 Å². The maximum atomic E-state index is 13.8. The maximum Gasteiger partial charge on any atom is 0.287 e. The predicted molar refractivity (Wildman–Crippen MR) is 96.7 cm³/mol. The Bertz CT molecular complexity index is 859. The van der Waals surface area contributed by atoms with E-state index in [0.29, 0.717) is 18.7 Å². The molecule has 0 spiro atoms. The fourth-order valence-electron chi connectivity index (χ4n) is 3.08. The van der Waals surface area contributed by atoms with Gasteiger partial charge < -0.3 is 15.2 Å². The van der Waals surface area contributed by atoms with Crippen LogP contribution in [-0.2, 0) is 13.0 Å². The van der Waals surface area contributed by atoms with Crippen LogP contribution in [0.4, 0.5) is 14.5 Å². The topological polar surface area (TPSA) is 76.0 Å². The van der Waals surface area contributed by atoms with E-state index in [1.54, 1.807) is 4.57 Å². The molecule has 1 unspecified atom stereocenters. The Kier molecular flexibility index (Phi) is 5.53. The van der Waals surface area contributed by atoms with E-state index < -0.39 is 23.2 Å². The molecule has 2 amide bonds. The number of nitrogens with one attached hydrogen (secondary N) is 2. The first-order chi connectivity index (χ1) is 12.9. The molecule has 2 heterocycles. The third-order valence-electron chi connectivity index (χ3n) is 4.73. The third-order valence-corrected chi connectivity index (χ3v) is 4.73. The summed E-state index contributed by atoms with van der Waals surface area (Å²) in [5, 5.41) is 5.09. The van der Waals surface area contributed by atoms with Crippen LogP contribution in [0.1, 0.15) is 59.9 Å². The molecule has 1 aromatic carbocycles. The lowest BCUT2D eigenvalue weighted by Crippen LogP contribution is -2.34. The van der Waals surface area contributed by atoms with Gasteiger partial charge in [0.15, 0.2) is 11.5 Å². The molecular weight excluding hydrogens is 354 g/mol. The van der Waals surface area contributed by atoms with Crippen molar-refractivity contribution in [2.24, 2.45) is 0 Å². The van der Waals surface area contributed by atoms with Gasteiger partial charge >= 0.3 is 0 Å². The van der Waals surface area contributed by atoms with Gasteiger partial charge in [0.25, 0.3) is 11.8 Å². The number of aromatic nitrogens is 2. The molecule has 1 atom stereocenters. The Hall–Kier alpha value is -2.77. The Balaban J connectivity index is 1.93. The molecule has 1 aromatic heterocycles. The molecule has 8 heteroatoms. The lowest BCUT2D eigenvalue weighted by molar-refractivity contribution is 0.0923. The third kappa shape index (κ3) is 3.84. The van der Waals surface area contributed by atoms with E-state index in [1.165, 1.54) is 6.07 Å². The highest BCUT2D eigenvalue weighted by molar-refractivity contribution is 6.05. The first kappa shape index (κ1) is 19.0. The molecule has 0 fully saturated rings. The molecule has 0 aliphatic carbocycles. The number of carbonyl (C=O) groups excluding carboxylic acids is 2. The minimum atomic E-state index is -0.869. The zero-order valence-corrected chi connectivity index (χ0v) is 15.3. The molecule has 0 radical (unpaired) electrons. The van der Waals surface area contributed by atoms with E-state index in [1.807, 2.05) is 13.8 Å². The SMILES string of the molecule is CCC(C)NC(=O)c1nc(C(=O)Nc2c(F)cccc2F)c2n1CCCC2. The van der Waals surface area contributed by atoms with Crippen molar-refractivity contribution in [3.63, 3.8) is 0 Å². The van der Waals surface area contributed by atoms with Gasteiger partial charge in [-0.05, 0) is 44.7 Å². The molecule has 1 aliphatic rings. The summed E-state index contributed by atoms with van der Waals surface area (Å²) in [7, 11) is 0. The highest BCUT2D eigenvalue weighted by atomic mass is 19.1. The number of hydrogen-bond donors (Lipinski definition) is 2. The quantitative estimate of drug-likeness (QED) is 0.841. The summed E-state index contributed by atoms with van der Waals surface area (Å²) in [6.45, 7) is 4.41. The van der Waals surface area contributed by atoms with Crippen LogP contribution >= 0.6 is 0 Å². The summed E-state index contributed by atoms with van der Waals surface area (Å²) in [5.41, 5.74) is 0.127. The molecule has 0 bridgehead atoms. The summed E-state index contributed by atoms with van der Waals surface area (Å²) in [4.78, 5) is 29.4. The average Bonchev–Trinajstić information content (AvgIpc) is 3.04. The molecule has 27 heavy (non-hydrogen) atoms. The van der Waals surface area contributed by atoms with E-state index in [0.717, 1.165) is 31.4 Å². The molecule has 1 aliphatic heterocycles. The molecule has 6 nitrogen and oxygen atoms in total. The number of para-hydroxylation sites is 1. The smallest absolute Gasteiger partial charge is 0.287 e. The number of amides is 2. The van der Waals surface area contributed by atoms with Crippen molar-refractivity contribution in [3.05, 3.63) is 47.0 Å². The Labute approximate surface area is 156 Å². The fourth-order valence-corrected chi connectivity index (χ4v) is 3.08. The van der Waals surface area contributed by atoms with Gasteiger partial charge in [-0.2, -0.15) is 0 Å². The zero-order chi connectivity index (χ0) is 19.6. The second kappa shape index (κ2) is 7.85. The molecule has 2 N–H and O–H groups in total. The summed E-state index contributed by atoms with van der Waals surface area (Å²) >= 11 is 0. The molecule has 2 aromatic rings. The summed E-state index contributed by atoms with van der Waals surface area (Å²) in [6, 6.07) is 3.31. The van der Waals surface area contributed by atoms with Gasteiger partial charge in [-0.3, -0.25) is 9.59 Å². The normalized spacial score (nSPS) is 14.4. The van der Waals surface area contributed by atoms with Gasteiger partial charge in [-0.15, -0.1) is 0 Å². The van der Waals surface area contributed by atoms with Crippen LogP contribution < -0.4 is 10.6 Å². The maximum absolute atomic E-state index is 13.8. The minimum absolute atomic E-state index is 0.0289. The van der Waals surface area contributed by atoms with Gasteiger partial charge in [0.05, 0.1) is 5.69 Å². The minimum Gasteiger partial charge on any atom is -0.347 e. The molecular formula is C19H22F2N4O2. The second-order valence-electron chi connectivity index (χ2n) is 6.67. The van der Waals surface area contributed by atoms with Crippen molar-refractivity contribution in [3.8, 4) is 0 Å². The zero-order valence-electron chi connectivity index (χ0n) is 15.3. The number of nitrogens with zero attached hydrogens (tertiary/aromatic N) is 2. The standard InChI is InChI=1S/C19H22F2N4O2/c1-3-11(2)22-19(27)17-23-16(14-9-4-5-10-25(14)17)18(26)24-15-12(20)7-6-8-13(15)21/h6-8,11H,3-5,9-10H2,1-2H3,(H,22,27)(H,24,26). The number of halogens is 2. The molecule has 0 saturated heterocycles. The van der Waals surface area contributed by atoms with Crippen LogP contribution in [0.15, 0.2) is 18.2 Å². The lowest BCUT2D eigenvalue weighted by Gasteiger charge is -2.18. The number of hydrogen-bond acceptors (Lipinski definition) is 3. The molecule has 0 saturated carbocycles. The monoisotopic (exact) mass is 376 g/mol. The predicted octanol–water partition coefficient (Wildman–Crippen LogP) is 3.28. The lowest BCUT2D eigenvalue weighted by atomic mass is 10.1. The highest BCUT2D eigenvalue weighted by Gasteiger charge is 2.28. The fraction of sp³-hybridized carbons (Fsp3) is 0.421. The van der Waals surface area contributed by atoms with Crippen molar-refractivity contribution in [2.75, 3.05) is 5.32 Å². The summed E-state index contributed by atoms with van der Waals surface area (Å²) in [6.07, 6.45) is 3.06. The van der Waals surface area contributed by atoms with Crippen LogP contribution in [0.3, 0.4) is 0 Å². The van der Waals surface area contributed by atoms with Gasteiger partial charge in [0.2, 0.25) is 0 Å². The second-order valence-corrected chi connectivity index (χ2v) is 6.67. The Morgan fingerprint density at radius 2 is 1.93 bits per heavy atom. The van der Waals surface area contributed by atoms with Crippen molar-refractivity contribution in [2.45, 2.75) is 52.1 Å². The van der Waals surface area contributed by atoms with Crippen molar-refractivity contribution in [1.29, 1.82) is 0 Å². The van der Waals surface area contributed by atoms with E-state index in [2.05, 4.69) is 15.6 Å². The van der Waals surface area contributed by atoms with Crippen LogP contribution in [0.2, 0.25) is 0 Å². The largest absolute Gasteiger partial charge is 0.347 e. The van der Waals surface area contributed by atoms with Crippen molar-refractivity contribution in [1.82, 2.24) is 14.9 Å². The number of benzene rings is 1. The Morgan fingerprint density at radius 3 is 2.59 bits per heavy atom. The van der Waals surface area contributed by atoms with Gasteiger partial charge in [0, 0.05) is 12.6 Å². The summed E-state index contributed by atoms with van der Waals surface area (Å²) in [5.74, 6) is -2.67. The van der Waals surface area contributed by atoms with Gasteiger partial charge in [-0.1, -0.05) is 13.0 Å². The molecule has 144 valence electrons. The van der Waals surface area contributed by atoms with Crippen LogP contribution in [0.5, 0.6) is 0 Å².